The van der Waals surface area contributed by atoms with Gasteiger partial charge in [-0.05, 0) is 37.1 Å². The van der Waals surface area contributed by atoms with Crippen molar-refractivity contribution in [3.05, 3.63) is 47.9 Å². The van der Waals surface area contributed by atoms with Gasteiger partial charge >= 0.3 is 6.09 Å². The minimum Gasteiger partial charge on any atom is -0.453 e. The summed E-state index contributed by atoms with van der Waals surface area (Å²) in [6, 6.07) is 5.66. The fourth-order valence-corrected chi connectivity index (χ4v) is 2.43. The van der Waals surface area contributed by atoms with E-state index in [9.17, 15) is 4.79 Å². The molecule has 0 saturated heterocycles. The van der Waals surface area contributed by atoms with Crippen LogP contribution in [0, 0.1) is 0 Å². The van der Waals surface area contributed by atoms with Gasteiger partial charge in [-0.3, -0.25) is 10.3 Å². The molecule has 28 heavy (non-hydrogen) atoms. The molecule has 1 amide bonds. The molecule has 2 rings (SSSR count). The topological polar surface area (TPSA) is 141 Å². The molecular weight excluding hydrogens is 358 g/mol. The van der Waals surface area contributed by atoms with Crippen LogP contribution in [0.25, 0.3) is 0 Å². The van der Waals surface area contributed by atoms with Crippen molar-refractivity contribution in [2.75, 3.05) is 17.7 Å². The van der Waals surface area contributed by atoms with E-state index in [1.54, 1.807) is 19.2 Å². The molecule has 0 atom stereocenters. The largest absolute Gasteiger partial charge is 0.453 e. The SMILES string of the molecule is CCCc1ccc(Nc2cncc(N=C(N)/C=C(/C)N)n2)cc1NC(=O)OC. The minimum atomic E-state index is -0.524. The van der Waals surface area contributed by atoms with Gasteiger partial charge in [-0.15, -0.1) is 0 Å². The molecule has 0 fully saturated rings. The molecule has 0 bridgehead atoms. The van der Waals surface area contributed by atoms with E-state index in [1.165, 1.54) is 13.3 Å². The van der Waals surface area contributed by atoms with E-state index < -0.39 is 6.09 Å². The molecule has 1 aromatic heterocycles. The summed E-state index contributed by atoms with van der Waals surface area (Å²) in [5.41, 5.74) is 14.3. The number of benzene rings is 1. The number of aliphatic imine (C=N–C) groups is 1. The van der Waals surface area contributed by atoms with Crippen molar-refractivity contribution in [2.45, 2.75) is 26.7 Å². The van der Waals surface area contributed by atoms with E-state index in [0.717, 1.165) is 24.1 Å². The lowest BCUT2D eigenvalue weighted by Crippen LogP contribution is -2.13. The predicted molar refractivity (Wildman–Crippen MR) is 111 cm³/mol. The fraction of sp³-hybridized carbons (Fsp3) is 0.263. The van der Waals surface area contributed by atoms with Gasteiger partial charge in [0.25, 0.3) is 0 Å². The monoisotopic (exact) mass is 383 g/mol. The number of amides is 1. The molecule has 148 valence electrons. The Morgan fingerprint density at radius 3 is 2.79 bits per heavy atom. The normalized spacial score (nSPS) is 11.8. The number of ether oxygens (including phenoxy) is 1. The van der Waals surface area contributed by atoms with Crippen LogP contribution in [0.3, 0.4) is 0 Å². The molecule has 9 heteroatoms. The number of carbonyl (C=O) groups is 1. The number of hydrogen-bond acceptors (Lipinski definition) is 7. The molecule has 0 radical (unpaired) electrons. The second kappa shape index (κ2) is 9.91. The van der Waals surface area contributed by atoms with Crippen molar-refractivity contribution in [1.82, 2.24) is 9.97 Å². The summed E-state index contributed by atoms with van der Waals surface area (Å²) in [6.07, 6.45) is 5.85. The van der Waals surface area contributed by atoms with Gasteiger partial charge < -0.3 is 21.5 Å². The molecule has 9 nitrogen and oxygen atoms in total. The fourth-order valence-electron chi connectivity index (χ4n) is 2.43. The summed E-state index contributed by atoms with van der Waals surface area (Å²) in [6.45, 7) is 3.79. The van der Waals surface area contributed by atoms with Gasteiger partial charge in [0.05, 0.1) is 19.5 Å². The Labute approximate surface area is 163 Å². The third kappa shape index (κ3) is 6.27. The van der Waals surface area contributed by atoms with Gasteiger partial charge in [0.1, 0.15) is 5.84 Å². The maximum absolute atomic E-state index is 11.6. The van der Waals surface area contributed by atoms with Crippen molar-refractivity contribution >= 4 is 34.9 Å². The first-order valence-corrected chi connectivity index (χ1v) is 8.76. The Kier molecular flexibility index (Phi) is 7.32. The maximum atomic E-state index is 11.6. The van der Waals surface area contributed by atoms with Gasteiger partial charge in [-0.2, -0.15) is 0 Å². The first-order valence-electron chi connectivity index (χ1n) is 8.76. The van der Waals surface area contributed by atoms with Gasteiger partial charge in [0.2, 0.25) is 0 Å². The Bertz CT molecular complexity index is 890. The predicted octanol–water partition coefficient (Wildman–Crippen LogP) is 3.20. The molecule has 0 aliphatic carbocycles. The van der Waals surface area contributed by atoms with Crippen LogP contribution in [-0.2, 0) is 11.2 Å². The smallest absolute Gasteiger partial charge is 0.411 e. The Hall–Kier alpha value is -3.62. The van der Waals surface area contributed by atoms with Crippen LogP contribution in [-0.4, -0.2) is 29.0 Å². The quantitative estimate of drug-likeness (QED) is 0.425. The average Bonchev–Trinajstić information content (AvgIpc) is 2.63. The second-order valence-electron chi connectivity index (χ2n) is 6.05. The summed E-state index contributed by atoms with van der Waals surface area (Å²) in [5.74, 6) is 1.06. The van der Waals surface area contributed by atoms with Crippen LogP contribution >= 0.6 is 0 Å². The zero-order chi connectivity index (χ0) is 20.5. The van der Waals surface area contributed by atoms with Crippen LogP contribution in [0.1, 0.15) is 25.8 Å². The van der Waals surface area contributed by atoms with E-state index in [1.807, 2.05) is 18.2 Å². The Morgan fingerprint density at radius 2 is 2.11 bits per heavy atom. The number of allylic oxidation sites excluding steroid dienone is 1. The second-order valence-corrected chi connectivity index (χ2v) is 6.05. The van der Waals surface area contributed by atoms with Crippen molar-refractivity contribution in [2.24, 2.45) is 16.5 Å². The van der Waals surface area contributed by atoms with Crippen molar-refractivity contribution < 1.29 is 9.53 Å². The number of nitrogens with two attached hydrogens (primary N) is 2. The highest BCUT2D eigenvalue weighted by atomic mass is 16.5. The summed E-state index contributed by atoms with van der Waals surface area (Å²) in [5, 5.41) is 5.88. The highest BCUT2D eigenvalue weighted by Gasteiger charge is 2.08. The van der Waals surface area contributed by atoms with E-state index in [2.05, 4.69) is 32.5 Å². The first-order chi connectivity index (χ1) is 13.4. The van der Waals surface area contributed by atoms with Gasteiger partial charge in [0, 0.05) is 17.1 Å². The number of nitrogens with one attached hydrogen (secondary N) is 2. The summed E-state index contributed by atoms with van der Waals surface area (Å²) in [7, 11) is 1.32. The van der Waals surface area contributed by atoms with E-state index in [0.29, 0.717) is 23.0 Å². The van der Waals surface area contributed by atoms with Crippen LogP contribution in [0.15, 0.2) is 47.4 Å². The highest BCUT2D eigenvalue weighted by molar-refractivity contribution is 5.93. The van der Waals surface area contributed by atoms with Crippen LogP contribution in [0.2, 0.25) is 0 Å². The third-order valence-corrected chi connectivity index (χ3v) is 3.56. The Balaban J connectivity index is 2.25. The number of aryl methyl sites for hydroxylation is 1. The number of rotatable bonds is 7. The number of methoxy groups -OCH3 is 1. The number of anilines is 3. The average molecular weight is 383 g/mol. The zero-order valence-corrected chi connectivity index (χ0v) is 16.2. The molecule has 6 N–H and O–H groups in total. The standard InChI is InChI=1S/C19H25N7O2/c1-4-5-13-6-7-14(9-15(13)24-19(27)28-3)23-17-10-22-11-18(26-17)25-16(21)8-12(2)20/h6-11H,4-5,20H2,1-3H3,(H,24,27)(H3,21,23,25,26)/b12-8-. The molecule has 0 aliphatic heterocycles. The van der Waals surface area contributed by atoms with Crippen LogP contribution < -0.4 is 22.1 Å². The zero-order valence-electron chi connectivity index (χ0n) is 16.2. The first kappa shape index (κ1) is 20.7. The van der Waals surface area contributed by atoms with E-state index in [-0.39, 0.29) is 5.84 Å². The number of aromatic nitrogens is 2. The van der Waals surface area contributed by atoms with Crippen LogP contribution in [0.5, 0.6) is 0 Å². The van der Waals surface area contributed by atoms with E-state index in [4.69, 9.17) is 16.2 Å². The number of carbonyl (C=O) groups excluding carboxylic acids is 1. The summed E-state index contributed by atoms with van der Waals surface area (Å²) in [4.78, 5) is 24.2. The van der Waals surface area contributed by atoms with E-state index >= 15 is 0 Å². The molecule has 1 aromatic carbocycles. The summed E-state index contributed by atoms with van der Waals surface area (Å²) >= 11 is 0. The molecular formula is C19H25N7O2. The van der Waals surface area contributed by atoms with Gasteiger partial charge in [-0.1, -0.05) is 19.4 Å². The number of hydrogen-bond donors (Lipinski definition) is 4. The summed E-state index contributed by atoms with van der Waals surface area (Å²) < 4.78 is 4.69. The lowest BCUT2D eigenvalue weighted by atomic mass is 10.1. The molecule has 2 aromatic rings. The van der Waals surface area contributed by atoms with Crippen molar-refractivity contribution in [3.63, 3.8) is 0 Å². The van der Waals surface area contributed by atoms with Crippen molar-refractivity contribution in [3.8, 4) is 0 Å². The lowest BCUT2D eigenvalue weighted by molar-refractivity contribution is 0.187. The molecule has 0 saturated carbocycles. The minimum absolute atomic E-state index is 0.236. The van der Waals surface area contributed by atoms with Crippen LogP contribution in [0.4, 0.5) is 27.8 Å². The lowest BCUT2D eigenvalue weighted by Gasteiger charge is -2.13. The van der Waals surface area contributed by atoms with Crippen molar-refractivity contribution in [1.29, 1.82) is 0 Å². The van der Waals surface area contributed by atoms with Gasteiger partial charge in [0.15, 0.2) is 11.6 Å². The Morgan fingerprint density at radius 1 is 1.32 bits per heavy atom. The third-order valence-electron chi connectivity index (χ3n) is 3.56. The highest BCUT2D eigenvalue weighted by Crippen LogP contribution is 2.25. The van der Waals surface area contributed by atoms with Gasteiger partial charge in [-0.25, -0.2) is 14.8 Å². The molecule has 0 unspecified atom stereocenters. The number of nitrogens with zero attached hydrogens (tertiary/aromatic N) is 3. The molecule has 0 aliphatic rings. The molecule has 0 spiro atoms. The molecule has 1 heterocycles. The maximum Gasteiger partial charge on any atom is 0.411 e. The number of amidine groups is 1.